The van der Waals surface area contributed by atoms with Gasteiger partial charge in [-0.25, -0.2) is 9.37 Å². The van der Waals surface area contributed by atoms with Crippen LogP contribution >= 0.6 is 11.8 Å². The fourth-order valence-electron chi connectivity index (χ4n) is 2.90. The van der Waals surface area contributed by atoms with Gasteiger partial charge in [0, 0.05) is 11.8 Å². The molecule has 0 saturated heterocycles. The van der Waals surface area contributed by atoms with E-state index < -0.39 is 5.25 Å². The van der Waals surface area contributed by atoms with E-state index in [4.69, 9.17) is 4.74 Å². The molecular formula is C22H18FN3O2S. The third kappa shape index (κ3) is 4.41. The van der Waals surface area contributed by atoms with Crippen molar-refractivity contribution in [2.24, 2.45) is 0 Å². The first-order valence-electron chi connectivity index (χ1n) is 8.94. The topological polar surface area (TPSA) is 67.0 Å². The Morgan fingerprint density at radius 3 is 2.59 bits per heavy atom. The molecule has 0 bridgehead atoms. The number of aromatic nitrogens is 2. The molecular weight excluding hydrogens is 389 g/mol. The van der Waals surface area contributed by atoms with Gasteiger partial charge < -0.3 is 15.0 Å². The molecule has 1 heterocycles. The van der Waals surface area contributed by atoms with E-state index >= 15 is 0 Å². The molecule has 4 aromatic rings. The number of ether oxygens (including phenoxy) is 1. The van der Waals surface area contributed by atoms with E-state index in [1.165, 1.54) is 36.0 Å². The minimum Gasteiger partial charge on any atom is -0.497 e. The van der Waals surface area contributed by atoms with Crippen LogP contribution in [0.3, 0.4) is 0 Å². The highest BCUT2D eigenvalue weighted by Crippen LogP contribution is 2.36. The number of rotatable bonds is 6. The number of carbonyl (C=O) groups excluding carboxylic acids is 1. The van der Waals surface area contributed by atoms with E-state index in [2.05, 4.69) is 15.3 Å². The summed E-state index contributed by atoms with van der Waals surface area (Å²) in [5, 5.41) is 2.94. The Morgan fingerprint density at radius 1 is 1.10 bits per heavy atom. The number of imidazole rings is 1. The molecule has 4 rings (SSSR count). The Morgan fingerprint density at radius 2 is 1.86 bits per heavy atom. The highest BCUT2D eigenvalue weighted by atomic mass is 32.2. The van der Waals surface area contributed by atoms with E-state index in [1.807, 2.05) is 48.5 Å². The molecule has 0 aliphatic heterocycles. The van der Waals surface area contributed by atoms with E-state index in [0.29, 0.717) is 10.8 Å². The van der Waals surface area contributed by atoms with E-state index in [-0.39, 0.29) is 11.7 Å². The number of H-pyrrole nitrogens is 1. The fourth-order valence-corrected chi connectivity index (χ4v) is 3.90. The summed E-state index contributed by atoms with van der Waals surface area (Å²) in [6.07, 6.45) is 0. The summed E-state index contributed by atoms with van der Waals surface area (Å²) >= 11 is 1.32. The Bertz CT molecular complexity index is 1130. The summed E-state index contributed by atoms with van der Waals surface area (Å²) in [4.78, 5) is 20.8. The third-order valence-electron chi connectivity index (χ3n) is 4.35. The SMILES string of the molecule is COc1ccc2nc(S[C@H](C(=O)Nc3ccc(F)cc3)c3ccccc3)[nH]c2c1. The number of anilines is 1. The zero-order chi connectivity index (χ0) is 20.2. The molecule has 1 amide bonds. The second-order valence-corrected chi connectivity index (χ2v) is 7.42. The Labute approximate surface area is 171 Å². The van der Waals surface area contributed by atoms with Crippen molar-refractivity contribution in [1.29, 1.82) is 0 Å². The van der Waals surface area contributed by atoms with Gasteiger partial charge in [-0.3, -0.25) is 4.79 Å². The molecule has 0 spiro atoms. The molecule has 2 N–H and O–H groups in total. The highest BCUT2D eigenvalue weighted by molar-refractivity contribution is 8.00. The smallest absolute Gasteiger partial charge is 0.242 e. The summed E-state index contributed by atoms with van der Waals surface area (Å²) in [5.74, 6) is 0.159. The van der Waals surface area contributed by atoms with Gasteiger partial charge in [-0.05, 0) is 42.0 Å². The lowest BCUT2D eigenvalue weighted by atomic mass is 10.1. The normalized spacial score (nSPS) is 11.9. The number of carbonyl (C=O) groups is 1. The maximum absolute atomic E-state index is 13.2. The zero-order valence-corrected chi connectivity index (χ0v) is 16.4. The molecule has 1 aromatic heterocycles. The van der Waals surface area contributed by atoms with Gasteiger partial charge in [0.15, 0.2) is 5.16 Å². The number of hydrogen-bond donors (Lipinski definition) is 2. The van der Waals surface area contributed by atoms with Crippen LogP contribution in [0.1, 0.15) is 10.8 Å². The van der Waals surface area contributed by atoms with Crippen LogP contribution in [0.15, 0.2) is 78.0 Å². The van der Waals surface area contributed by atoms with Crippen molar-refractivity contribution in [1.82, 2.24) is 9.97 Å². The number of halogens is 1. The molecule has 0 radical (unpaired) electrons. The average molecular weight is 407 g/mol. The number of benzene rings is 3. The molecule has 0 aliphatic carbocycles. The van der Waals surface area contributed by atoms with Gasteiger partial charge in [-0.1, -0.05) is 42.1 Å². The quantitative estimate of drug-likeness (QED) is 0.432. The molecule has 0 fully saturated rings. The standard InChI is InChI=1S/C22H18FN3O2S/c1-28-17-11-12-18-19(13-17)26-22(25-18)29-20(14-5-3-2-4-6-14)21(27)24-16-9-7-15(23)8-10-16/h2-13,20H,1H3,(H,24,27)(H,25,26)/t20-/m0/s1. The van der Waals surface area contributed by atoms with Gasteiger partial charge in [0.25, 0.3) is 0 Å². The van der Waals surface area contributed by atoms with E-state index in [1.54, 1.807) is 7.11 Å². The number of methoxy groups -OCH3 is 1. The number of amides is 1. The maximum atomic E-state index is 13.2. The fraction of sp³-hybridized carbons (Fsp3) is 0.0909. The molecule has 5 nitrogen and oxygen atoms in total. The molecule has 0 unspecified atom stereocenters. The number of thioether (sulfide) groups is 1. The second kappa shape index (κ2) is 8.36. The largest absolute Gasteiger partial charge is 0.497 e. The number of hydrogen-bond acceptors (Lipinski definition) is 4. The number of nitrogens with zero attached hydrogens (tertiary/aromatic N) is 1. The maximum Gasteiger partial charge on any atom is 0.242 e. The first-order valence-corrected chi connectivity index (χ1v) is 9.82. The average Bonchev–Trinajstić information content (AvgIpc) is 3.16. The van der Waals surface area contributed by atoms with Crippen molar-refractivity contribution in [3.63, 3.8) is 0 Å². The Balaban J connectivity index is 1.62. The predicted octanol–water partition coefficient (Wildman–Crippen LogP) is 5.18. The van der Waals surface area contributed by atoms with Crippen LogP contribution in [-0.4, -0.2) is 23.0 Å². The van der Waals surface area contributed by atoms with Crippen LogP contribution in [0.25, 0.3) is 11.0 Å². The molecule has 3 aromatic carbocycles. The Hall–Kier alpha value is -3.32. The summed E-state index contributed by atoms with van der Waals surface area (Å²) in [5.41, 5.74) is 3.00. The van der Waals surface area contributed by atoms with Crippen LogP contribution in [0, 0.1) is 5.82 Å². The van der Waals surface area contributed by atoms with Crippen LogP contribution < -0.4 is 10.1 Å². The van der Waals surface area contributed by atoms with Crippen LogP contribution in [0.5, 0.6) is 5.75 Å². The molecule has 146 valence electrons. The minimum atomic E-state index is -0.538. The van der Waals surface area contributed by atoms with E-state index in [0.717, 1.165) is 22.3 Å². The summed E-state index contributed by atoms with van der Waals surface area (Å²) in [6, 6.07) is 20.7. The van der Waals surface area contributed by atoms with Crippen molar-refractivity contribution >= 4 is 34.4 Å². The monoisotopic (exact) mass is 407 g/mol. The van der Waals surface area contributed by atoms with Crippen LogP contribution in [0.4, 0.5) is 10.1 Å². The number of nitrogens with one attached hydrogen (secondary N) is 2. The summed E-state index contributed by atoms with van der Waals surface area (Å²) in [6.45, 7) is 0. The predicted molar refractivity (Wildman–Crippen MR) is 113 cm³/mol. The van der Waals surface area contributed by atoms with Crippen molar-refractivity contribution in [2.75, 3.05) is 12.4 Å². The van der Waals surface area contributed by atoms with Gasteiger partial charge in [-0.2, -0.15) is 0 Å². The molecule has 1 atom stereocenters. The second-order valence-electron chi connectivity index (χ2n) is 6.33. The van der Waals surface area contributed by atoms with Crippen molar-refractivity contribution < 1.29 is 13.9 Å². The van der Waals surface area contributed by atoms with E-state index in [9.17, 15) is 9.18 Å². The summed E-state index contributed by atoms with van der Waals surface area (Å²) in [7, 11) is 1.61. The van der Waals surface area contributed by atoms with Crippen molar-refractivity contribution in [3.8, 4) is 5.75 Å². The summed E-state index contributed by atoms with van der Waals surface area (Å²) < 4.78 is 18.4. The molecule has 29 heavy (non-hydrogen) atoms. The van der Waals surface area contributed by atoms with Gasteiger partial charge in [0.1, 0.15) is 16.8 Å². The van der Waals surface area contributed by atoms with Crippen molar-refractivity contribution in [3.05, 3.63) is 84.2 Å². The first kappa shape index (κ1) is 19.0. The van der Waals surface area contributed by atoms with Gasteiger partial charge >= 0.3 is 0 Å². The lowest BCUT2D eigenvalue weighted by molar-refractivity contribution is -0.115. The molecule has 0 saturated carbocycles. The van der Waals surface area contributed by atoms with Crippen molar-refractivity contribution in [2.45, 2.75) is 10.4 Å². The zero-order valence-electron chi connectivity index (χ0n) is 15.6. The molecule has 0 aliphatic rings. The van der Waals surface area contributed by atoms with Gasteiger partial charge in [-0.15, -0.1) is 0 Å². The van der Waals surface area contributed by atoms with Gasteiger partial charge in [0.05, 0.1) is 18.1 Å². The third-order valence-corrected chi connectivity index (χ3v) is 5.49. The lowest BCUT2D eigenvalue weighted by Gasteiger charge is -2.16. The molecule has 7 heteroatoms. The minimum absolute atomic E-state index is 0.217. The number of aromatic amines is 1. The van der Waals surface area contributed by atoms with Crippen LogP contribution in [0.2, 0.25) is 0 Å². The van der Waals surface area contributed by atoms with Crippen LogP contribution in [-0.2, 0) is 4.79 Å². The lowest BCUT2D eigenvalue weighted by Crippen LogP contribution is -2.19. The highest BCUT2D eigenvalue weighted by Gasteiger charge is 2.24. The Kier molecular flexibility index (Phi) is 5.48. The van der Waals surface area contributed by atoms with Gasteiger partial charge in [0.2, 0.25) is 5.91 Å². The number of fused-ring (bicyclic) bond motifs is 1. The first-order chi connectivity index (χ1) is 14.1.